The Hall–Kier alpha value is -0.930. The molecule has 0 saturated carbocycles. The van der Waals surface area contributed by atoms with E-state index in [-0.39, 0.29) is 0 Å². The predicted molar refractivity (Wildman–Crippen MR) is 63.9 cm³/mol. The first-order valence-electron chi connectivity index (χ1n) is 5.65. The summed E-state index contributed by atoms with van der Waals surface area (Å²) < 4.78 is 12.7. The summed E-state index contributed by atoms with van der Waals surface area (Å²) in [6.07, 6.45) is -2.35. The minimum absolute atomic E-state index is 0.477. The van der Waals surface area contributed by atoms with Crippen molar-refractivity contribution < 1.29 is 9.50 Å². The van der Waals surface area contributed by atoms with E-state index in [2.05, 4.69) is 31.3 Å². The van der Waals surface area contributed by atoms with Crippen LogP contribution in [0.15, 0.2) is 24.3 Å². The second-order valence-corrected chi connectivity index (χ2v) is 4.40. The molecule has 0 aromatic heterocycles. The van der Waals surface area contributed by atoms with Gasteiger partial charge in [-0.25, -0.2) is 4.39 Å². The molecule has 2 atom stereocenters. The van der Waals surface area contributed by atoms with Gasteiger partial charge in [0.05, 0.1) is 0 Å². The number of rotatable bonds is 5. The monoisotopic (exact) mass is 225 g/mol. The smallest absolute Gasteiger partial charge is 0.136 e. The molecule has 0 saturated heterocycles. The quantitative estimate of drug-likeness (QED) is 0.755. The van der Waals surface area contributed by atoms with E-state index >= 15 is 0 Å². The summed E-state index contributed by atoms with van der Waals surface area (Å²) in [7, 11) is 0. The van der Waals surface area contributed by atoms with Crippen LogP contribution in [0.1, 0.15) is 37.8 Å². The fraction of sp³-hybridized carbons (Fsp3) is 0.538. The zero-order chi connectivity index (χ0) is 12.1. The lowest BCUT2D eigenvalue weighted by Gasteiger charge is -2.14. The Kier molecular flexibility index (Phi) is 4.90. The van der Waals surface area contributed by atoms with Gasteiger partial charge in [-0.1, -0.05) is 38.1 Å². The maximum atomic E-state index is 12.7. The minimum atomic E-state index is -1.26. The molecule has 1 aromatic carbocycles. The summed E-state index contributed by atoms with van der Waals surface area (Å²) in [6.45, 7) is 6.08. The third-order valence-electron chi connectivity index (χ3n) is 2.57. The Bertz CT molecular complexity index is 325. The largest absolute Gasteiger partial charge is 0.376 e. The third kappa shape index (κ3) is 3.91. The first kappa shape index (κ1) is 13.1. The van der Waals surface area contributed by atoms with Crippen LogP contribution < -0.4 is 5.32 Å². The van der Waals surface area contributed by atoms with Crippen LogP contribution in [0.25, 0.3) is 0 Å². The van der Waals surface area contributed by atoms with E-state index in [1.54, 1.807) is 0 Å². The molecule has 0 aliphatic heterocycles. The lowest BCUT2D eigenvalue weighted by molar-refractivity contribution is 0.0574. The van der Waals surface area contributed by atoms with Gasteiger partial charge in [-0.3, -0.25) is 5.32 Å². The third-order valence-corrected chi connectivity index (χ3v) is 2.57. The molecule has 90 valence electrons. The van der Waals surface area contributed by atoms with Crippen LogP contribution >= 0.6 is 0 Å². The Morgan fingerprint density at radius 2 is 2.00 bits per heavy atom. The highest BCUT2D eigenvalue weighted by Crippen LogP contribution is 2.15. The summed E-state index contributed by atoms with van der Waals surface area (Å²) in [5.74, 6) is 0.477. The molecule has 0 radical (unpaired) electrons. The van der Waals surface area contributed by atoms with Crippen molar-refractivity contribution >= 4 is 0 Å². The standard InChI is InChI=1S/C13H20FNO/c1-9(2)12-6-4-5-11(7-12)8-15-13(16)10(3)14/h4-7,9-10,13,15-16H,8H2,1-3H3/t10?,13-/m0/s1. The van der Waals surface area contributed by atoms with Crippen molar-refractivity contribution in [1.29, 1.82) is 0 Å². The lowest BCUT2D eigenvalue weighted by Crippen LogP contribution is -2.35. The molecule has 2 nitrogen and oxygen atoms in total. The fourth-order valence-corrected chi connectivity index (χ4v) is 1.45. The molecule has 0 aliphatic rings. The van der Waals surface area contributed by atoms with Gasteiger partial charge >= 0.3 is 0 Å². The molecule has 2 N–H and O–H groups in total. The van der Waals surface area contributed by atoms with Crippen molar-refractivity contribution in [2.24, 2.45) is 0 Å². The van der Waals surface area contributed by atoms with Gasteiger partial charge in [-0.05, 0) is 24.0 Å². The number of alkyl halides is 1. The number of hydrogen-bond donors (Lipinski definition) is 2. The van der Waals surface area contributed by atoms with Crippen molar-refractivity contribution in [3.8, 4) is 0 Å². The Morgan fingerprint density at radius 1 is 1.31 bits per heavy atom. The minimum Gasteiger partial charge on any atom is -0.376 e. The molecule has 0 aliphatic carbocycles. The average Bonchev–Trinajstić information content (AvgIpc) is 2.26. The summed E-state index contributed by atoms with van der Waals surface area (Å²) in [5, 5.41) is 12.0. The van der Waals surface area contributed by atoms with E-state index in [1.165, 1.54) is 12.5 Å². The SMILES string of the molecule is CC(C)c1cccc(CN[C@@H](O)C(C)F)c1. The van der Waals surface area contributed by atoms with Gasteiger partial charge in [0.25, 0.3) is 0 Å². The van der Waals surface area contributed by atoms with Gasteiger partial charge in [0.2, 0.25) is 0 Å². The predicted octanol–water partition coefficient (Wildman–Crippen LogP) is 2.58. The van der Waals surface area contributed by atoms with Crippen LogP contribution in [-0.4, -0.2) is 17.5 Å². The van der Waals surface area contributed by atoms with Gasteiger partial charge in [-0.2, -0.15) is 0 Å². The molecule has 1 aromatic rings. The number of halogens is 1. The van der Waals surface area contributed by atoms with Crippen molar-refractivity contribution in [3.05, 3.63) is 35.4 Å². The molecule has 0 heterocycles. The fourth-order valence-electron chi connectivity index (χ4n) is 1.45. The van der Waals surface area contributed by atoms with Crippen molar-refractivity contribution in [1.82, 2.24) is 5.32 Å². The normalized spacial score (nSPS) is 15.1. The van der Waals surface area contributed by atoms with Gasteiger partial charge < -0.3 is 5.11 Å². The topological polar surface area (TPSA) is 32.3 Å². The van der Waals surface area contributed by atoms with Crippen molar-refractivity contribution in [2.75, 3.05) is 0 Å². The number of aliphatic hydroxyl groups excluding tert-OH is 1. The molecule has 1 unspecified atom stereocenters. The number of hydrogen-bond acceptors (Lipinski definition) is 2. The highest BCUT2D eigenvalue weighted by Gasteiger charge is 2.11. The molecule has 0 amide bonds. The molecule has 16 heavy (non-hydrogen) atoms. The van der Waals surface area contributed by atoms with Crippen LogP contribution in [0.2, 0.25) is 0 Å². The summed E-state index contributed by atoms with van der Waals surface area (Å²) >= 11 is 0. The first-order valence-corrected chi connectivity index (χ1v) is 5.65. The number of aliphatic hydroxyl groups is 1. The highest BCUT2D eigenvalue weighted by molar-refractivity contribution is 5.25. The van der Waals surface area contributed by atoms with E-state index < -0.39 is 12.4 Å². The van der Waals surface area contributed by atoms with Gasteiger partial charge in [-0.15, -0.1) is 0 Å². The van der Waals surface area contributed by atoms with Crippen molar-refractivity contribution in [3.63, 3.8) is 0 Å². The molecule has 3 heteroatoms. The zero-order valence-electron chi connectivity index (χ0n) is 10.1. The zero-order valence-corrected chi connectivity index (χ0v) is 10.1. The Morgan fingerprint density at radius 3 is 2.56 bits per heavy atom. The van der Waals surface area contributed by atoms with Crippen LogP contribution in [0, 0.1) is 0 Å². The second-order valence-electron chi connectivity index (χ2n) is 4.40. The van der Waals surface area contributed by atoms with E-state index in [0.717, 1.165) is 5.56 Å². The highest BCUT2D eigenvalue weighted by atomic mass is 19.1. The molecule has 0 fully saturated rings. The van der Waals surface area contributed by atoms with Crippen LogP contribution in [0.4, 0.5) is 4.39 Å². The van der Waals surface area contributed by atoms with Crippen LogP contribution in [0.3, 0.4) is 0 Å². The van der Waals surface area contributed by atoms with E-state index in [9.17, 15) is 9.50 Å². The van der Waals surface area contributed by atoms with Gasteiger partial charge in [0.15, 0.2) is 0 Å². The average molecular weight is 225 g/mol. The van der Waals surface area contributed by atoms with Gasteiger partial charge in [0, 0.05) is 6.54 Å². The van der Waals surface area contributed by atoms with Crippen molar-refractivity contribution in [2.45, 2.75) is 45.6 Å². The maximum Gasteiger partial charge on any atom is 0.136 e. The molecular weight excluding hydrogens is 205 g/mol. The van der Waals surface area contributed by atoms with Gasteiger partial charge in [0.1, 0.15) is 12.4 Å². The summed E-state index contributed by atoms with van der Waals surface area (Å²) in [5.41, 5.74) is 2.31. The number of nitrogens with one attached hydrogen (secondary N) is 1. The Labute approximate surface area is 96.5 Å². The maximum absolute atomic E-state index is 12.7. The van der Waals surface area contributed by atoms with E-state index in [0.29, 0.717) is 12.5 Å². The molecular formula is C13H20FNO. The lowest BCUT2D eigenvalue weighted by atomic mass is 10.0. The first-order chi connectivity index (χ1) is 7.50. The van der Waals surface area contributed by atoms with E-state index in [4.69, 9.17) is 0 Å². The summed E-state index contributed by atoms with van der Waals surface area (Å²) in [4.78, 5) is 0. The van der Waals surface area contributed by atoms with Crippen LogP contribution in [0.5, 0.6) is 0 Å². The Balaban J connectivity index is 2.57. The molecule has 0 bridgehead atoms. The van der Waals surface area contributed by atoms with E-state index in [1.807, 2.05) is 12.1 Å². The van der Waals surface area contributed by atoms with Crippen LogP contribution in [-0.2, 0) is 6.54 Å². The second kappa shape index (κ2) is 5.97. The molecule has 0 spiro atoms. The molecule has 1 rings (SSSR count). The number of benzene rings is 1. The summed E-state index contributed by atoms with van der Waals surface area (Å²) in [6, 6.07) is 8.10.